The zero-order valence-corrected chi connectivity index (χ0v) is 8.05. The molecule has 1 unspecified atom stereocenters. The van der Waals surface area contributed by atoms with Crippen LogP contribution in [-0.4, -0.2) is 19.8 Å². The Kier molecular flexibility index (Phi) is 2.18. The second kappa shape index (κ2) is 3.32. The minimum absolute atomic E-state index is 0.779. The van der Waals surface area contributed by atoms with Gasteiger partial charge in [-0.25, -0.2) is 0 Å². The van der Waals surface area contributed by atoms with Crippen molar-refractivity contribution in [1.29, 1.82) is 0 Å². The van der Waals surface area contributed by atoms with Gasteiger partial charge in [-0.15, -0.1) is 0 Å². The van der Waals surface area contributed by atoms with Crippen molar-refractivity contribution in [3.05, 3.63) is 18.2 Å². The molecule has 2 nitrogen and oxygen atoms in total. The second-order valence-electron chi connectivity index (χ2n) is 2.74. The molecular weight excluding hydrogens is 169 g/mol. The van der Waals surface area contributed by atoms with Crippen molar-refractivity contribution >= 4 is 19.6 Å². The Morgan fingerprint density at radius 3 is 3.25 bits per heavy atom. The van der Waals surface area contributed by atoms with E-state index in [0.29, 0.717) is 0 Å². The van der Waals surface area contributed by atoms with Gasteiger partial charge in [-0.3, -0.25) is 0 Å². The zero-order chi connectivity index (χ0) is 8.39. The molecule has 1 heterocycles. The van der Waals surface area contributed by atoms with Gasteiger partial charge in [-0.05, 0) is 24.1 Å². The third-order valence-electron chi connectivity index (χ3n) is 1.94. The molecule has 0 saturated heterocycles. The Bertz CT molecular complexity index is 288. The molecule has 0 saturated carbocycles. The maximum Gasteiger partial charge on any atom is 0.142 e. The molecule has 1 aromatic carbocycles. The van der Waals surface area contributed by atoms with E-state index < -0.39 is 0 Å². The summed E-state index contributed by atoms with van der Waals surface area (Å²) in [7, 11) is 0.856. The van der Waals surface area contributed by atoms with Crippen LogP contribution in [0.15, 0.2) is 18.2 Å². The van der Waals surface area contributed by atoms with Crippen molar-refractivity contribution in [1.82, 2.24) is 0 Å². The highest BCUT2D eigenvalue weighted by molar-refractivity contribution is 7.46. The van der Waals surface area contributed by atoms with Crippen LogP contribution in [0.4, 0.5) is 5.69 Å². The topological polar surface area (TPSA) is 21.3 Å². The Balaban J connectivity index is 2.36. The van der Waals surface area contributed by atoms with Crippen LogP contribution in [0.1, 0.15) is 0 Å². The van der Waals surface area contributed by atoms with Crippen LogP contribution >= 0.6 is 8.58 Å². The molecule has 0 aromatic heterocycles. The van der Waals surface area contributed by atoms with E-state index >= 15 is 0 Å². The van der Waals surface area contributed by atoms with Gasteiger partial charge in [-0.2, -0.15) is 0 Å². The molecule has 1 aliphatic heterocycles. The SMILES string of the molecule is CPc1ccc2c(c1)NCCO2. The third kappa shape index (κ3) is 1.39. The average Bonchev–Trinajstić information content (AvgIpc) is 2.17. The first kappa shape index (κ1) is 7.88. The summed E-state index contributed by atoms with van der Waals surface area (Å²) < 4.78 is 5.46. The molecule has 1 atom stereocenters. The number of rotatable bonds is 1. The van der Waals surface area contributed by atoms with Gasteiger partial charge in [0.05, 0.1) is 5.69 Å². The first-order valence-corrected chi connectivity index (χ1v) is 5.58. The number of anilines is 1. The van der Waals surface area contributed by atoms with E-state index in [1.54, 1.807) is 0 Å². The molecule has 12 heavy (non-hydrogen) atoms. The van der Waals surface area contributed by atoms with E-state index in [9.17, 15) is 0 Å². The molecular formula is C9H12NOP. The quantitative estimate of drug-likeness (QED) is 0.661. The molecule has 64 valence electrons. The summed E-state index contributed by atoms with van der Waals surface area (Å²) in [5.41, 5.74) is 1.15. The summed E-state index contributed by atoms with van der Waals surface area (Å²) in [5.74, 6) is 0.989. The fraction of sp³-hybridized carbons (Fsp3) is 0.333. The monoisotopic (exact) mass is 181 g/mol. The molecule has 3 heteroatoms. The predicted molar refractivity (Wildman–Crippen MR) is 54.3 cm³/mol. The molecule has 0 spiro atoms. The van der Waals surface area contributed by atoms with Gasteiger partial charge in [0, 0.05) is 6.54 Å². The van der Waals surface area contributed by atoms with E-state index in [4.69, 9.17) is 4.74 Å². The lowest BCUT2D eigenvalue weighted by Crippen LogP contribution is -2.18. The van der Waals surface area contributed by atoms with Crippen molar-refractivity contribution in [2.24, 2.45) is 0 Å². The van der Waals surface area contributed by atoms with Crippen molar-refractivity contribution < 1.29 is 4.74 Å². The van der Waals surface area contributed by atoms with Crippen LogP contribution in [0, 0.1) is 0 Å². The smallest absolute Gasteiger partial charge is 0.142 e. The van der Waals surface area contributed by atoms with E-state index in [-0.39, 0.29) is 0 Å². The van der Waals surface area contributed by atoms with Crippen molar-refractivity contribution in [3.8, 4) is 5.75 Å². The fourth-order valence-corrected chi connectivity index (χ4v) is 1.83. The predicted octanol–water partition coefficient (Wildman–Crippen LogP) is 1.42. The summed E-state index contributed by atoms with van der Waals surface area (Å²) in [6.07, 6.45) is 0. The van der Waals surface area contributed by atoms with Crippen LogP contribution in [0.3, 0.4) is 0 Å². The maximum atomic E-state index is 5.46. The highest BCUT2D eigenvalue weighted by Gasteiger charge is 2.08. The summed E-state index contributed by atoms with van der Waals surface area (Å²) >= 11 is 0. The molecule has 0 amide bonds. The molecule has 0 radical (unpaired) electrons. The molecule has 0 fully saturated rings. The number of nitrogens with one attached hydrogen (secondary N) is 1. The first-order valence-electron chi connectivity index (χ1n) is 4.08. The van der Waals surface area contributed by atoms with Gasteiger partial charge < -0.3 is 10.1 Å². The normalized spacial score (nSPS) is 15.4. The summed E-state index contributed by atoms with van der Waals surface area (Å²) in [5, 5.41) is 4.70. The molecule has 1 N–H and O–H groups in total. The minimum atomic E-state index is 0.779. The molecule has 2 rings (SSSR count). The average molecular weight is 181 g/mol. The third-order valence-corrected chi connectivity index (χ3v) is 2.83. The van der Waals surface area contributed by atoms with Crippen molar-refractivity contribution in [3.63, 3.8) is 0 Å². The number of ether oxygens (including phenoxy) is 1. The number of hydrogen-bond donors (Lipinski definition) is 1. The Hall–Kier alpha value is -0.750. The van der Waals surface area contributed by atoms with E-state index in [1.807, 2.05) is 6.07 Å². The highest BCUT2D eigenvalue weighted by atomic mass is 31.1. The fourth-order valence-electron chi connectivity index (χ4n) is 1.30. The molecule has 0 aliphatic carbocycles. The number of hydrogen-bond acceptors (Lipinski definition) is 2. The van der Waals surface area contributed by atoms with Gasteiger partial charge in [0.25, 0.3) is 0 Å². The van der Waals surface area contributed by atoms with Crippen LogP contribution in [0.5, 0.6) is 5.75 Å². The van der Waals surface area contributed by atoms with Gasteiger partial charge in [-0.1, -0.05) is 14.6 Å². The van der Waals surface area contributed by atoms with Crippen LogP contribution in [0.2, 0.25) is 0 Å². The largest absolute Gasteiger partial charge is 0.490 e. The van der Waals surface area contributed by atoms with Crippen LogP contribution < -0.4 is 15.4 Å². The second-order valence-corrected chi connectivity index (χ2v) is 3.81. The van der Waals surface area contributed by atoms with E-state index in [2.05, 4.69) is 24.1 Å². The van der Waals surface area contributed by atoms with Crippen molar-refractivity contribution in [2.45, 2.75) is 0 Å². The Morgan fingerprint density at radius 2 is 2.42 bits per heavy atom. The summed E-state index contributed by atoms with van der Waals surface area (Å²) in [4.78, 5) is 0. The Labute approximate surface area is 74.1 Å². The van der Waals surface area contributed by atoms with E-state index in [0.717, 1.165) is 33.2 Å². The minimum Gasteiger partial charge on any atom is -0.490 e. The summed E-state index contributed by atoms with van der Waals surface area (Å²) in [6.45, 7) is 3.88. The van der Waals surface area contributed by atoms with Crippen LogP contribution in [-0.2, 0) is 0 Å². The first-order chi connectivity index (χ1) is 5.90. The molecule has 1 aromatic rings. The van der Waals surface area contributed by atoms with Gasteiger partial charge in [0.2, 0.25) is 0 Å². The molecule has 0 bridgehead atoms. The van der Waals surface area contributed by atoms with Gasteiger partial charge >= 0.3 is 0 Å². The van der Waals surface area contributed by atoms with E-state index in [1.165, 1.54) is 5.30 Å². The lowest BCUT2D eigenvalue weighted by atomic mass is 10.2. The van der Waals surface area contributed by atoms with Gasteiger partial charge in [0.15, 0.2) is 0 Å². The maximum absolute atomic E-state index is 5.46. The zero-order valence-electron chi connectivity index (χ0n) is 7.05. The lowest BCUT2D eigenvalue weighted by Gasteiger charge is -2.19. The standard InChI is InChI=1S/C9H12NOP/c1-12-7-2-3-9-8(6-7)10-4-5-11-9/h2-3,6,10,12H,4-5H2,1H3. The summed E-state index contributed by atoms with van der Waals surface area (Å²) in [6, 6.07) is 6.35. The molecule has 1 aliphatic rings. The highest BCUT2D eigenvalue weighted by Crippen LogP contribution is 2.26. The Morgan fingerprint density at radius 1 is 1.50 bits per heavy atom. The van der Waals surface area contributed by atoms with Gasteiger partial charge in [0.1, 0.15) is 12.4 Å². The number of benzene rings is 1. The van der Waals surface area contributed by atoms with Crippen molar-refractivity contribution in [2.75, 3.05) is 25.1 Å². The lowest BCUT2D eigenvalue weighted by molar-refractivity contribution is 0.323. The number of fused-ring (bicyclic) bond motifs is 1. The van der Waals surface area contributed by atoms with Crippen LogP contribution in [0.25, 0.3) is 0 Å².